The Kier molecular flexibility index (Phi) is 4.96. The third-order valence-corrected chi connectivity index (χ3v) is 3.44. The van der Waals surface area contributed by atoms with E-state index in [9.17, 15) is 9.59 Å². The first kappa shape index (κ1) is 16.0. The second kappa shape index (κ2) is 5.90. The lowest BCUT2D eigenvalue weighted by Gasteiger charge is -2.33. The van der Waals surface area contributed by atoms with Gasteiger partial charge in [-0.15, -0.1) is 0 Å². The maximum absolute atomic E-state index is 12.2. The van der Waals surface area contributed by atoms with E-state index in [0.717, 1.165) is 19.3 Å². The number of hydrogen-bond donors (Lipinski definition) is 3. The van der Waals surface area contributed by atoms with Gasteiger partial charge in [-0.05, 0) is 40.5 Å². The highest BCUT2D eigenvalue weighted by atomic mass is 16.2. The predicted octanol–water partition coefficient (Wildman–Crippen LogP) is 1.07. The lowest BCUT2D eigenvalue weighted by Crippen LogP contribution is -2.59. The topological polar surface area (TPSA) is 84.2 Å². The van der Waals surface area contributed by atoms with Crippen LogP contribution in [0.2, 0.25) is 0 Å². The molecule has 1 aliphatic rings. The Bertz CT molecular complexity index is 341. The number of amides is 2. The molecule has 0 heterocycles. The fourth-order valence-corrected chi connectivity index (χ4v) is 2.29. The zero-order valence-electron chi connectivity index (χ0n) is 12.5. The van der Waals surface area contributed by atoms with Crippen molar-refractivity contribution in [2.75, 3.05) is 0 Å². The number of carbonyl (C=O) groups is 2. The van der Waals surface area contributed by atoms with Gasteiger partial charge in [0, 0.05) is 5.54 Å². The van der Waals surface area contributed by atoms with Gasteiger partial charge >= 0.3 is 0 Å². The summed E-state index contributed by atoms with van der Waals surface area (Å²) in [7, 11) is 0. The van der Waals surface area contributed by atoms with Crippen LogP contribution in [0.4, 0.5) is 0 Å². The van der Waals surface area contributed by atoms with E-state index in [0.29, 0.717) is 12.8 Å². The van der Waals surface area contributed by atoms with E-state index in [-0.39, 0.29) is 17.4 Å². The van der Waals surface area contributed by atoms with Gasteiger partial charge in [0.05, 0.1) is 5.54 Å². The van der Waals surface area contributed by atoms with Crippen molar-refractivity contribution in [3.05, 3.63) is 0 Å². The molecule has 1 aliphatic carbocycles. The molecule has 1 unspecified atom stereocenters. The molecule has 4 N–H and O–H groups in total. The van der Waals surface area contributed by atoms with Crippen molar-refractivity contribution in [1.82, 2.24) is 10.6 Å². The summed E-state index contributed by atoms with van der Waals surface area (Å²) >= 11 is 0. The minimum absolute atomic E-state index is 0.180. The van der Waals surface area contributed by atoms with Crippen LogP contribution in [-0.4, -0.2) is 28.9 Å². The number of nitrogens with one attached hydrogen (secondary N) is 2. The first-order valence-corrected chi connectivity index (χ1v) is 7.06. The highest BCUT2D eigenvalue weighted by Crippen LogP contribution is 2.26. The molecule has 0 radical (unpaired) electrons. The molecule has 0 aliphatic heterocycles. The molecule has 5 nitrogen and oxygen atoms in total. The summed E-state index contributed by atoms with van der Waals surface area (Å²) in [4.78, 5) is 24.1. The van der Waals surface area contributed by atoms with Crippen LogP contribution in [0.15, 0.2) is 0 Å². The zero-order chi connectivity index (χ0) is 14.7. The molecule has 0 aromatic rings. The lowest BCUT2D eigenvalue weighted by molar-refractivity contribution is -0.133. The summed E-state index contributed by atoms with van der Waals surface area (Å²) in [5.74, 6) is -0.385. The molecular weight excluding hydrogens is 242 g/mol. The number of rotatable bonds is 3. The van der Waals surface area contributed by atoms with Gasteiger partial charge in [0.25, 0.3) is 0 Å². The minimum Gasteiger partial charge on any atom is -0.350 e. The van der Waals surface area contributed by atoms with Gasteiger partial charge in [-0.1, -0.05) is 19.3 Å². The Morgan fingerprint density at radius 1 is 1.16 bits per heavy atom. The third-order valence-electron chi connectivity index (χ3n) is 3.44. The van der Waals surface area contributed by atoms with Gasteiger partial charge in [0.2, 0.25) is 11.8 Å². The second-order valence-corrected chi connectivity index (χ2v) is 6.65. The van der Waals surface area contributed by atoms with E-state index in [2.05, 4.69) is 10.6 Å². The minimum atomic E-state index is -0.797. The number of carbonyl (C=O) groups excluding carboxylic acids is 2. The molecule has 5 heteroatoms. The Balaban J connectivity index is 2.54. The molecule has 1 rings (SSSR count). The average molecular weight is 269 g/mol. The van der Waals surface area contributed by atoms with E-state index >= 15 is 0 Å². The molecule has 2 amide bonds. The summed E-state index contributed by atoms with van der Waals surface area (Å²) < 4.78 is 0. The van der Waals surface area contributed by atoms with Crippen LogP contribution in [0.25, 0.3) is 0 Å². The van der Waals surface area contributed by atoms with E-state index in [4.69, 9.17) is 5.73 Å². The van der Waals surface area contributed by atoms with E-state index in [1.165, 1.54) is 0 Å². The molecule has 19 heavy (non-hydrogen) atoms. The molecule has 0 saturated heterocycles. The maximum Gasteiger partial charge on any atom is 0.242 e. The van der Waals surface area contributed by atoms with Crippen molar-refractivity contribution in [2.45, 2.75) is 76.9 Å². The van der Waals surface area contributed by atoms with Gasteiger partial charge in [0.15, 0.2) is 0 Å². The number of nitrogens with two attached hydrogens (primary N) is 1. The van der Waals surface area contributed by atoms with Crippen LogP contribution >= 0.6 is 0 Å². The third kappa shape index (κ3) is 4.82. The van der Waals surface area contributed by atoms with Crippen LogP contribution in [0.3, 0.4) is 0 Å². The summed E-state index contributed by atoms with van der Waals surface area (Å²) in [5.41, 5.74) is 5.03. The Hall–Kier alpha value is -1.10. The van der Waals surface area contributed by atoms with Crippen LogP contribution in [0, 0.1) is 0 Å². The first-order chi connectivity index (χ1) is 8.64. The van der Waals surface area contributed by atoms with Gasteiger partial charge < -0.3 is 16.4 Å². The van der Waals surface area contributed by atoms with Crippen LogP contribution in [-0.2, 0) is 9.59 Å². The largest absolute Gasteiger partial charge is 0.350 e. The van der Waals surface area contributed by atoms with E-state index in [1.807, 2.05) is 20.8 Å². The molecular formula is C14H27N3O2. The molecule has 1 saturated carbocycles. The van der Waals surface area contributed by atoms with Gasteiger partial charge in [-0.3, -0.25) is 9.59 Å². The lowest BCUT2D eigenvalue weighted by atomic mass is 9.82. The summed E-state index contributed by atoms with van der Waals surface area (Å²) in [6, 6.07) is -0.561. The number of hydrogen-bond acceptors (Lipinski definition) is 3. The van der Waals surface area contributed by atoms with Crippen LogP contribution in [0.5, 0.6) is 0 Å². The van der Waals surface area contributed by atoms with Crippen LogP contribution in [0.1, 0.15) is 59.8 Å². The predicted molar refractivity (Wildman–Crippen MR) is 75.5 cm³/mol. The Labute approximate surface area is 115 Å². The standard InChI is InChI=1S/C14H27N3O2/c1-10(11(18)17-13(2,3)4)16-12(19)14(15)8-6-5-7-9-14/h10H,5-9,15H2,1-4H3,(H,16,19)(H,17,18). The molecule has 1 fully saturated rings. The van der Waals surface area contributed by atoms with E-state index < -0.39 is 11.6 Å². The normalized spacial score (nSPS) is 20.5. The van der Waals surface area contributed by atoms with Crippen molar-refractivity contribution in [3.8, 4) is 0 Å². The summed E-state index contributed by atoms with van der Waals surface area (Å²) in [6.07, 6.45) is 4.49. The SMILES string of the molecule is CC(NC(=O)C1(N)CCCCC1)C(=O)NC(C)(C)C. The quantitative estimate of drug-likeness (QED) is 0.716. The Morgan fingerprint density at radius 3 is 2.16 bits per heavy atom. The van der Waals surface area contributed by atoms with E-state index in [1.54, 1.807) is 6.92 Å². The van der Waals surface area contributed by atoms with Crippen molar-refractivity contribution < 1.29 is 9.59 Å². The Morgan fingerprint density at radius 2 is 1.68 bits per heavy atom. The van der Waals surface area contributed by atoms with Crippen molar-refractivity contribution in [1.29, 1.82) is 0 Å². The highest BCUT2D eigenvalue weighted by molar-refractivity contribution is 5.92. The van der Waals surface area contributed by atoms with Gasteiger partial charge in [-0.2, -0.15) is 0 Å². The fourth-order valence-electron chi connectivity index (χ4n) is 2.29. The molecule has 0 bridgehead atoms. The van der Waals surface area contributed by atoms with Crippen LogP contribution < -0.4 is 16.4 Å². The smallest absolute Gasteiger partial charge is 0.242 e. The summed E-state index contributed by atoms with van der Waals surface area (Å²) in [6.45, 7) is 7.41. The fraction of sp³-hybridized carbons (Fsp3) is 0.857. The average Bonchev–Trinajstić information content (AvgIpc) is 2.27. The van der Waals surface area contributed by atoms with Gasteiger partial charge in [0.1, 0.15) is 6.04 Å². The molecule has 0 aromatic heterocycles. The first-order valence-electron chi connectivity index (χ1n) is 7.06. The summed E-state index contributed by atoms with van der Waals surface area (Å²) in [5, 5.41) is 5.58. The zero-order valence-corrected chi connectivity index (χ0v) is 12.5. The second-order valence-electron chi connectivity index (χ2n) is 6.65. The molecule has 1 atom stereocenters. The molecule has 0 aromatic carbocycles. The van der Waals surface area contributed by atoms with Crippen molar-refractivity contribution in [2.24, 2.45) is 5.73 Å². The van der Waals surface area contributed by atoms with Gasteiger partial charge in [-0.25, -0.2) is 0 Å². The maximum atomic E-state index is 12.2. The van der Waals surface area contributed by atoms with Crippen molar-refractivity contribution in [3.63, 3.8) is 0 Å². The highest BCUT2D eigenvalue weighted by Gasteiger charge is 2.36. The van der Waals surface area contributed by atoms with Crippen molar-refractivity contribution >= 4 is 11.8 Å². The molecule has 0 spiro atoms. The molecule has 110 valence electrons. The monoisotopic (exact) mass is 269 g/mol.